The molecule has 0 aromatic carbocycles. The first kappa shape index (κ1) is 15.7. The van der Waals surface area contributed by atoms with E-state index in [9.17, 15) is 0 Å². The first-order valence-corrected chi connectivity index (χ1v) is 6.92. The second-order valence-corrected chi connectivity index (χ2v) is 5.37. The van der Waals surface area contributed by atoms with Gasteiger partial charge in [-0.25, -0.2) is 9.97 Å². The van der Waals surface area contributed by atoms with Gasteiger partial charge in [-0.15, -0.1) is 0 Å². The van der Waals surface area contributed by atoms with E-state index in [0.717, 1.165) is 31.3 Å². The molecule has 0 aliphatic heterocycles. The normalized spacial score (nSPS) is 11.2. The molecule has 108 valence electrons. The molecule has 1 aromatic heterocycles. The molecular formula is C14H27N5. The number of rotatable bonds is 7. The maximum atomic E-state index is 4.48. The minimum absolute atomic E-state index is 0.395. The van der Waals surface area contributed by atoms with E-state index in [1.165, 1.54) is 5.56 Å². The highest BCUT2D eigenvalue weighted by Crippen LogP contribution is 2.29. The molecular weight excluding hydrogens is 238 g/mol. The van der Waals surface area contributed by atoms with Crippen LogP contribution in [0.5, 0.6) is 0 Å². The summed E-state index contributed by atoms with van der Waals surface area (Å²) in [5, 5.41) is 3.33. The molecule has 0 atom stereocenters. The largest absolute Gasteiger partial charge is 0.370 e. The SMILES string of the molecule is CCNc1ncnc(N(C)CCN(C)C)c1C(C)C. The third kappa shape index (κ3) is 4.35. The Bertz CT molecular complexity index is 389. The van der Waals surface area contributed by atoms with Gasteiger partial charge in [0, 0.05) is 32.2 Å². The van der Waals surface area contributed by atoms with Gasteiger partial charge in [-0.3, -0.25) is 0 Å². The van der Waals surface area contributed by atoms with Gasteiger partial charge >= 0.3 is 0 Å². The molecule has 1 aromatic rings. The van der Waals surface area contributed by atoms with Crippen molar-refractivity contribution in [2.24, 2.45) is 0 Å². The van der Waals surface area contributed by atoms with Crippen molar-refractivity contribution in [1.82, 2.24) is 14.9 Å². The quantitative estimate of drug-likeness (QED) is 0.817. The Morgan fingerprint density at radius 2 is 1.84 bits per heavy atom. The molecule has 0 bridgehead atoms. The average Bonchev–Trinajstić information content (AvgIpc) is 2.35. The zero-order valence-corrected chi connectivity index (χ0v) is 13.1. The van der Waals surface area contributed by atoms with E-state index in [1.807, 2.05) is 0 Å². The molecule has 0 saturated heterocycles. The van der Waals surface area contributed by atoms with Crippen molar-refractivity contribution in [2.45, 2.75) is 26.7 Å². The summed E-state index contributed by atoms with van der Waals surface area (Å²) < 4.78 is 0. The molecule has 0 fully saturated rings. The van der Waals surface area contributed by atoms with Gasteiger partial charge in [0.1, 0.15) is 18.0 Å². The number of hydrogen-bond donors (Lipinski definition) is 1. The lowest BCUT2D eigenvalue weighted by atomic mass is 10.0. The van der Waals surface area contributed by atoms with Crippen molar-refractivity contribution in [1.29, 1.82) is 0 Å². The molecule has 5 nitrogen and oxygen atoms in total. The molecule has 0 aliphatic rings. The van der Waals surface area contributed by atoms with Crippen molar-refractivity contribution in [2.75, 3.05) is 51.0 Å². The molecule has 19 heavy (non-hydrogen) atoms. The highest BCUT2D eigenvalue weighted by atomic mass is 15.2. The monoisotopic (exact) mass is 265 g/mol. The summed E-state index contributed by atoms with van der Waals surface area (Å²) in [5.41, 5.74) is 1.20. The molecule has 0 aliphatic carbocycles. The van der Waals surface area contributed by atoms with Gasteiger partial charge in [-0.2, -0.15) is 0 Å². The third-order valence-electron chi connectivity index (χ3n) is 3.03. The summed E-state index contributed by atoms with van der Waals surface area (Å²) in [4.78, 5) is 13.2. The number of anilines is 2. The third-order valence-corrected chi connectivity index (χ3v) is 3.03. The van der Waals surface area contributed by atoms with Gasteiger partial charge in [-0.05, 0) is 26.9 Å². The summed E-state index contributed by atoms with van der Waals surface area (Å²) >= 11 is 0. The minimum Gasteiger partial charge on any atom is -0.370 e. The van der Waals surface area contributed by atoms with Gasteiger partial charge in [0.2, 0.25) is 0 Å². The highest BCUT2D eigenvalue weighted by molar-refractivity contribution is 5.60. The molecule has 1 N–H and O–H groups in total. The Kier molecular flexibility index (Phi) is 6.02. The van der Waals surface area contributed by atoms with E-state index in [2.05, 4.69) is 67.0 Å². The molecule has 0 spiro atoms. The lowest BCUT2D eigenvalue weighted by Gasteiger charge is -2.25. The number of nitrogens with one attached hydrogen (secondary N) is 1. The summed E-state index contributed by atoms with van der Waals surface area (Å²) in [5.74, 6) is 2.38. The Balaban J connectivity index is 3.01. The standard InChI is InChI=1S/C14H27N5/c1-7-15-13-12(11(2)3)14(17-10-16-13)19(6)9-8-18(4)5/h10-11H,7-9H2,1-6H3,(H,15,16,17). The number of hydrogen-bond acceptors (Lipinski definition) is 5. The number of aromatic nitrogens is 2. The van der Waals surface area contributed by atoms with Crippen molar-refractivity contribution in [3.05, 3.63) is 11.9 Å². The van der Waals surface area contributed by atoms with E-state index in [-0.39, 0.29) is 0 Å². The predicted octanol–water partition coefficient (Wildman–Crippen LogP) is 2.03. The van der Waals surface area contributed by atoms with Gasteiger partial charge in [-0.1, -0.05) is 13.8 Å². The number of likely N-dealkylation sites (N-methyl/N-ethyl adjacent to an activating group) is 2. The van der Waals surface area contributed by atoms with Gasteiger partial charge in [0.15, 0.2) is 0 Å². The molecule has 0 saturated carbocycles. The lowest BCUT2D eigenvalue weighted by Crippen LogP contribution is -2.30. The second-order valence-electron chi connectivity index (χ2n) is 5.37. The van der Waals surface area contributed by atoms with E-state index >= 15 is 0 Å². The first-order valence-electron chi connectivity index (χ1n) is 6.92. The van der Waals surface area contributed by atoms with Crippen LogP contribution in [0, 0.1) is 0 Å². The summed E-state index contributed by atoms with van der Waals surface area (Å²) in [6.45, 7) is 9.29. The summed E-state index contributed by atoms with van der Waals surface area (Å²) in [6, 6.07) is 0. The van der Waals surface area contributed by atoms with Gasteiger partial charge < -0.3 is 15.1 Å². The van der Waals surface area contributed by atoms with Gasteiger partial charge in [0.05, 0.1) is 0 Å². The van der Waals surface area contributed by atoms with Crippen LogP contribution in [-0.4, -0.2) is 55.6 Å². The predicted molar refractivity (Wildman–Crippen MR) is 82.1 cm³/mol. The Hall–Kier alpha value is -1.36. The average molecular weight is 265 g/mol. The van der Waals surface area contributed by atoms with Crippen molar-refractivity contribution in [3.8, 4) is 0 Å². The van der Waals surface area contributed by atoms with Crippen molar-refractivity contribution >= 4 is 11.6 Å². The molecule has 0 unspecified atom stereocenters. The molecule has 0 amide bonds. The van der Waals surface area contributed by atoms with Gasteiger partial charge in [0.25, 0.3) is 0 Å². The van der Waals surface area contributed by atoms with Crippen LogP contribution in [0.3, 0.4) is 0 Å². The van der Waals surface area contributed by atoms with Crippen LogP contribution in [0.2, 0.25) is 0 Å². The Labute approximate surface area is 117 Å². The summed E-state index contributed by atoms with van der Waals surface area (Å²) in [7, 11) is 6.26. The smallest absolute Gasteiger partial charge is 0.137 e. The minimum atomic E-state index is 0.395. The maximum Gasteiger partial charge on any atom is 0.137 e. The maximum absolute atomic E-state index is 4.48. The van der Waals surface area contributed by atoms with Crippen LogP contribution in [0.4, 0.5) is 11.6 Å². The van der Waals surface area contributed by atoms with E-state index < -0.39 is 0 Å². The van der Waals surface area contributed by atoms with Crippen LogP contribution in [0.1, 0.15) is 32.3 Å². The molecule has 1 rings (SSSR count). The van der Waals surface area contributed by atoms with Crippen molar-refractivity contribution < 1.29 is 0 Å². The van der Waals surface area contributed by atoms with E-state index in [1.54, 1.807) is 6.33 Å². The fraction of sp³-hybridized carbons (Fsp3) is 0.714. The second kappa shape index (κ2) is 7.28. The Morgan fingerprint density at radius 1 is 1.16 bits per heavy atom. The molecule has 1 heterocycles. The first-order chi connectivity index (χ1) is 8.97. The number of nitrogens with zero attached hydrogens (tertiary/aromatic N) is 4. The van der Waals surface area contributed by atoms with E-state index in [0.29, 0.717) is 5.92 Å². The lowest BCUT2D eigenvalue weighted by molar-refractivity contribution is 0.416. The molecule has 0 radical (unpaired) electrons. The molecule has 5 heteroatoms. The van der Waals surface area contributed by atoms with E-state index in [4.69, 9.17) is 0 Å². The zero-order valence-electron chi connectivity index (χ0n) is 13.1. The van der Waals surface area contributed by atoms with Crippen LogP contribution >= 0.6 is 0 Å². The van der Waals surface area contributed by atoms with Crippen LogP contribution in [0.25, 0.3) is 0 Å². The summed E-state index contributed by atoms with van der Waals surface area (Å²) in [6.07, 6.45) is 1.64. The van der Waals surface area contributed by atoms with Crippen LogP contribution in [0.15, 0.2) is 6.33 Å². The van der Waals surface area contributed by atoms with Crippen LogP contribution < -0.4 is 10.2 Å². The Morgan fingerprint density at radius 3 is 2.37 bits per heavy atom. The fourth-order valence-corrected chi connectivity index (χ4v) is 1.99. The topological polar surface area (TPSA) is 44.3 Å². The van der Waals surface area contributed by atoms with Crippen LogP contribution in [-0.2, 0) is 0 Å². The zero-order chi connectivity index (χ0) is 14.4. The fourth-order valence-electron chi connectivity index (χ4n) is 1.99. The highest BCUT2D eigenvalue weighted by Gasteiger charge is 2.17. The van der Waals surface area contributed by atoms with Crippen molar-refractivity contribution in [3.63, 3.8) is 0 Å².